The second kappa shape index (κ2) is 14.4. The molecule has 1 fully saturated rings. The highest BCUT2D eigenvalue weighted by Gasteiger charge is 2.37. The van der Waals surface area contributed by atoms with Gasteiger partial charge in [-0.3, -0.25) is 9.79 Å². The first kappa shape index (κ1) is 30.4. The van der Waals surface area contributed by atoms with Crippen LogP contribution in [-0.4, -0.2) is 88.3 Å². The van der Waals surface area contributed by atoms with Crippen LogP contribution in [0.15, 0.2) is 84.0 Å². The number of carbonyl (C=O) groups is 3. The molecule has 5 N–H and O–H groups in total. The number of rotatable bonds is 12. The number of amides is 2. The first-order chi connectivity index (χ1) is 21.4. The average Bonchev–Trinajstić information content (AvgIpc) is 3.61. The van der Waals surface area contributed by atoms with E-state index in [9.17, 15) is 24.6 Å². The van der Waals surface area contributed by atoms with E-state index in [1.54, 1.807) is 35.4 Å². The molecule has 230 valence electrons. The van der Waals surface area contributed by atoms with E-state index in [0.717, 1.165) is 5.56 Å². The Bertz CT molecular complexity index is 1470. The summed E-state index contributed by atoms with van der Waals surface area (Å²) in [6.07, 6.45) is 0.0812. The highest BCUT2D eigenvalue weighted by molar-refractivity contribution is 6.06. The Morgan fingerprint density at radius 1 is 1.07 bits per heavy atom. The SMILES string of the molecule is O=C(COC1CC(CNc2ccccn2)N(C(=O)OCc2ccccc2)C1)NCC(N=C1Nc2ccccc2C1O)C(=O)O. The van der Waals surface area contributed by atoms with Gasteiger partial charge in [0, 0.05) is 24.0 Å². The van der Waals surface area contributed by atoms with Crippen molar-refractivity contribution < 1.29 is 34.1 Å². The molecule has 44 heavy (non-hydrogen) atoms. The Hall–Kier alpha value is -5.01. The minimum Gasteiger partial charge on any atom is -0.480 e. The van der Waals surface area contributed by atoms with Crippen LogP contribution in [0.2, 0.25) is 0 Å². The number of amidine groups is 1. The smallest absolute Gasteiger partial charge is 0.410 e. The third-order valence-electron chi connectivity index (χ3n) is 7.30. The number of nitrogens with one attached hydrogen (secondary N) is 3. The number of hydrogen-bond donors (Lipinski definition) is 5. The number of aromatic nitrogens is 1. The van der Waals surface area contributed by atoms with Crippen molar-refractivity contribution in [1.29, 1.82) is 0 Å². The molecule has 2 amide bonds. The number of hydrogen-bond acceptors (Lipinski definition) is 9. The molecule has 13 heteroatoms. The zero-order valence-electron chi connectivity index (χ0n) is 23.8. The molecule has 0 radical (unpaired) electrons. The molecule has 0 aliphatic carbocycles. The van der Waals surface area contributed by atoms with Crippen LogP contribution in [0.4, 0.5) is 16.3 Å². The number of carboxylic acid groups (broad SMARTS) is 1. The number of likely N-dealkylation sites (tertiary alicyclic amines) is 1. The van der Waals surface area contributed by atoms with Gasteiger partial charge in [-0.05, 0) is 30.2 Å². The second-order valence-electron chi connectivity index (χ2n) is 10.4. The van der Waals surface area contributed by atoms with Gasteiger partial charge in [-0.2, -0.15) is 0 Å². The van der Waals surface area contributed by atoms with Crippen molar-refractivity contribution in [2.75, 3.05) is 36.9 Å². The number of anilines is 2. The minimum atomic E-state index is -1.33. The maximum Gasteiger partial charge on any atom is 0.410 e. The van der Waals surface area contributed by atoms with Gasteiger partial charge >= 0.3 is 12.1 Å². The van der Waals surface area contributed by atoms with Crippen LogP contribution < -0.4 is 16.0 Å². The number of carboxylic acids is 1. The zero-order chi connectivity index (χ0) is 30.9. The number of aliphatic imine (C=N–C) groups is 1. The summed E-state index contributed by atoms with van der Waals surface area (Å²) < 4.78 is 11.4. The summed E-state index contributed by atoms with van der Waals surface area (Å²) in [5.74, 6) is -1.03. The van der Waals surface area contributed by atoms with Crippen LogP contribution in [0.25, 0.3) is 0 Å². The summed E-state index contributed by atoms with van der Waals surface area (Å²) >= 11 is 0. The summed E-state index contributed by atoms with van der Waals surface area (Å²) in [5, 5.41) is 28.8. The highest BCUT2D eigenvalue weighted by atomic mass is 16.6. The lowest BCUT2D eigenvalue weighted by molar-refractivity contribution is -0.138. The molecule has 2 aliphatic rings. The number of aliphatic carboxylic acids is 1. The van der Waals surface area contributed by atoms with Gasteiger partial charge in [0.2, 0.25) is 5.91 Å². The fraction of sp³-hybridized carbons (Fsp3) is 0.323. The molecule has 1 saturated heterocycles. The molecular weight excluding hydrogens is 568 g/mol. The van der Waals surface area contributed by atoms with Crippen molar-refractivity contribution in [2.45, 2.75) is 37.3 Å². The first-order valence-electron chi connectivity index (χ1n) is 14.2. The molecule has 5 rings (SSSR count). The minimum absolute atomic E-state index is 0.0969. The van der Waals surface area contributed by atoms with E-state index in [4.69, 9.17) is 9.47 Å². The van der Waals surface area contributed by atoms with E-state index >= 15 is 0 Å². The number of ether oxygens (including phenoxy) is 2. The molecule has 1 aromatic heterocycles. The van der Waals surface area contributed by atoms with Crippen molar-refractivity contribution in [1.82, 2.24) is 15.2 Å². The van der Waals surface area contributed by atoms with Crippen molar-refractivity contribution in [2.24, 2.45) is 4.99 Å². The maximum atomic E-state index is 13.0. The molecule has 3 aromatic rings. The van der Waals surface area contributed by atoms with Crippen LogP contribution in [0.3, 0.4) is 0 Å². The standard InChI is InChI=1S/C31H34N6O7/c38-27(34-16-25(30(40)41)36-29-28(39)23-10-4-5-11-24(23)35-29)19-43-22-14-21(15-33-26-12-6-7-13-32-26)37(17-22)31(42)44-18-20-8-2-1-3-9-20/h1-13,21-22,25,28,39H,14-19H2,(H,32,33)(H,34,38)(H,35,36)(H,40,41). The topological polar surface area (TPSA) is 175 Å². The van der Waals surface area contributed by atoms with Crippen LogP contribution >= 0.6 is 0 Å². The monoisotopic (exact) mass is 602 g/mol. The summed E-state index contributed by atoms with van der Waals surface area (Å²) in [6.45, 7) is 0.0924. The highest BCUT2D eigenvalue weighted by Crippen LogP contribution is 2.31. The van der Waals surface area contributed by atoms with Gasteiger partial charge in [0.25, 0.3) is 0 Å². The summed E-state index contributed by atoms with van der Waals surface area (Å²) in [7, 11) is 0. The number of aliphatic hydroxyl groups excluding tert-OH is 1. The van der Waals surface area contributed by atoms with Crippen LogP contribution in [0.5, 0.6) is 0 Å². The largest absolute Gasteiger partial charge is 0.480 e. The van der Waals surface area contributed by atoms with Gasteiger partial charge in [0.05, 0.1) is 25.2 Å². The Morgan fingerprint density at radius 2 is 1.84 bits per heavy atom. The Kier molecular flexibility index (Phi) is 10.00. The van der Waals surface area contributed by atoms with E-state index in [0.29, 0.717) is 30.0 Å². The summed E-state index contributed by atoms with van der Waals surface area (Å²) in [6, 6.07) is 20.3. The van der Waals surface area contributed by atoms with Crippen LogP contribution in [0.1, 0.15) is 23.7 Å². The Balaban J connectivity index is 1.13. The van der Waals surface area contributed by atoms with E-state index in [1.165, 1.54) is 0 Å². The van der Waals surface area contributed by atoms with Gasteiger partial charge in [0.15, 0.2) is 6.04 Å². The lowest BCUT2D eigenvalue weighted by atomic mass is 10.1. The van der Waals surface area contributed by atoms with Crippen molar-refractivity contribution in [3.8, 4) is 0 Å². The van der Waals surface area contributed by atoms with E-state index in [-0.39, 0.29) is 38.2 Å². The van der Waals surface area contributed by atoms with E-state index < -0.39 is 36.2 Å². The number of nitrogens with zero attached hydrogens (tertiary/aromatic N) is 3. The normalized spacial score (nSPS) is 20.4. The fourth-order valence-electron chi connectivity index (χ4n) is 5.02. The molecule has 2 aliphatic heterocycles. The third-order valence-corrected chi connectivity index (χ3v) is 7.30. The van der Waals surface area contributed by atoms with Gasteiger partial charge in [-0.25, -0.2) is 14.6 Å². The van der Waals surface area contributed by atoms with Gasteiger partial charge in [0.1, 0.15) is 31.0 Å². The van der Waals surface area contributed by atoms with Crippen molar-refractivity contribution in [3.63, 3.8) is 0 Å². The first-order valence-corrected chi connectivity index (χ1v) is 14.2. The van der Waals surface area contributed by atoms with Gasteiger partial charge < -0.3 is 40.5 Å². The quantitative estimate of drug-likeness (QED) is 0.207. The second-order valence-corrected chi connectivity index (χ2v) is 10.4. The lowest BCUT2D eigenvalue weighted by Gasteiger charge is -2.24. The number of carbonyl (C=O) groups excluding carboxylic acids is 2. The third kappa shape index (κ3) is 7.88. The molecule has 2 aromatic carbocycles. The predicted molar refractivity (Wildman–Crippen MR) is 161 cm³/mol. The number of aliphatic hydroxyl groups is 1. The molecule has 0 saturated carbocycles. The Labute approximate surface area is 253 Å². The maximum absolute atomic E-state index is 13.0. The lowest BCUT2D eigenvalue weighted by Crippen LogP contribution is -2.40. The number of pyridine rings is 1. The molecule has 0 spiro atoms. The molecule has 0 bridgehead atoms. The van der Waals surface area contributed by atoms with E-state index in [1.807, 2.05) is 48.5 Å². The molecule has 4 atom stereocenters. The Morgan fingerprint density at radius 3 is 2.59 bits per heavy atom. The molecule has 3 heterocycles. The number of para-hydroxylation sites is 1. The van der Waals surface area contributed by atoms with Crippen LogP contribution in [0, 0.1) is 0 Å². The van der Waals surface area contributed by atoms with Gasteiger partial charge in [-0.15, -0.1) is 0 Å². The number of benzene rings is 2. The summed E-state index contributed by atoms with van der Waals surface area (Å²) in [4.78, 5) is 47.4. The predicted octanol–water partition coefficient (Wildman–Crippen LogP) is 2.42. The van der Waals surface area contributed by atoms with Crippen molar-refractivity contribution in [3.05, 3.63) is 90.1 Å². The fourth-order valence-corrected chi connectivity index (χ4v) is 5.02. The van der Waals surface area contributed by atoms with Crippen molar-refractivity contribution >= 4 is 35.3 Å². The summed E-state index contributed by atoms with van der Waals surface area (Å²) in [5.41, 5.74) is 2.10. The molecular formula is C31H34N6O7. The van der Waals surface area contributed by atoms with Crippen LogP contribution in [-0.2, 0) is 25.7 Å². The molecule has 4 unspecified atom stereocenters. The average molecular weight is 603 g/mol. The molecule has 13 nitrogen and oxygen atoms in total. The van der Waals surface area contributed by atoms with E-state index in [2.05, 4.69) is 25.9 Å². The number of fused-ring (bicyclic) bond motifs is 1. The zero-order valence-corrected chi connectivity index (χ0v) is 23.8. The van der Waals surface area contributed by atoms with Gasteiger partial charge in [-0.1, -0.05) is 54.6 Å².